The maximum atomic E-state index is 2.51. The number of fused-ring (bicyclic) bond motifs is 8. The Hall–Kier alpha value is -3.26. The maximum Gasteiger partial charge on any atom is 0.247 e. The Morgan fingerprint density at radius 2 is 1.54 bits per heavy atom. The average molecular weight is 355 g/mol. The van der Waals surface area contributed by atoms with E-state index in [4.69, 9.17) is 0 Å². The van der Waals surface area contributed by atoms with Crippen LogP contribution in [0.1, 0.15) is 16.7 Å². The number of hydrogen-bond donors (Lipinski definition) is 0. The third-order valence-electron chi connectivity index (χ3n) is 6.83. The van der Waals surface area contributed by atoms with Gasteiger partial charge in [-0.25, -0.2) is 0 Å². The second kappa shape index (κ2) is 4.96. The summed E-state index contributed by atoms with van der Waals surface area (Å²) in [5.41, 5.74) is 12.9. The molecule has 0 spiro atoms. The summed E-state index contributed by atoms with van der Waals surface area (Å²) in [6.45, 7) is 2.60. The van der Waals surface area contributed by atoms with Gasteiger partial charge in [0, 0.05) is 22.0 Å². The molecule has 7 rings (SSSR count). The standard InChI is InChI=1S/C26H18BN/c1-16-7-6-8-17-15-18-13-14-20-19-9-2-4-11-22(19)28-23-12-5-3-10-21(23)27(24(16)17)25(18)26(20)28/h2-14H,15H2,1H3. The summed E-state index contributed by atoms with van der Waals surface area (Å²) in [5, 5.41) is 2.73. The lowest BCUT2D eigenvalue weighted by Gasteiger charge is -2.34. The van der Waals surface area contributed by atoms with Gasteiger partial charge in [-0.3, -0.25) is 0 Å². The van der Waals surface area contributed by atoms with Gasteiger partial charge in [0.2, 0.25) is 6.71 Å². The van der Waals surface area contributed by atoms with Crippen LogP contribution in [0.15, 0.2) is 78.9 Å². The molecule has 1 aromatic heterocycles. The Labute approximate surface area is 164 Å². The van der Waals surface area contributed by atoms with Crippen molar-refractivity contribution in [2.75, 3.05) is 0 Å². The average Bonchev–Trinajstić information content (AvgIpc) is 3.08. The van der Waals surface area contributed by atoms with Crippen LogP contribution in [0.3, 0.4) is 0 Å². The van der Waals surface area contributed by atoms with Gasteiger partial charge in [-0.05, 0) is 47.5 Å². The van der Waals surface area contributed by atoms with Gasteiger partial charge in [0.1, 0.15) is 0 Å². The molecular weight excluding hydrogens is 337 g/mol. The van der Waals surface area contributed by atoms with E-state index < -0.39 is 0 Å². The molecule has 0 aliphatic carbocycles. The minimum atomic E-state index is 0.330. The highest BCUT2D eigenvalue weighted by atomic mass is 15.0. The lowest BCUT2D eigenvalue weighted by Crippen LogP contribution is -2.60. The van der Waals surface area contributed by atoms with Gasteiger partial charge in [0.25, 0.3) is 0 Å². The predicted octanol–water partition coefficient (Wildman–Crippen LogP) is 3.83. The molecule has 0 bridgehead atoms. The minimum Gasteiger partial charge on any atom is -0.310 e. The molecule has 0 N–H and O–H groups in total. The molecule has 130 valence electrons. The monoisotopic (exact) mass is 355 g/mol. The second-order valence-corrected chi connectivity index (χ2v) is 8.20. The summed E-state index contributed by atoms with van der Waals surface area (Å²) in [7, 11) is 0. The molecule has 28 heavy (non-hydrogen) atoms. The molecule has 2 aliphatic heterocycles. The molecule has 0 amide bonds. The Balaban J connectivity index is 1.77. The van der Waals surface area contributed by atoms with E-state index in [-0.39, 0.29) is 0 Å². The van der Waals surface area contributed by atoms with Crippen molar-refractivity contribution in [1.29, 1.82) is 0 Å². The maximum absolute atomic E-state index is 2.51. The topological polar surface area (TPSA) is 4.93 Å². The summed E-state index contributed by atoms with van der Waals surface area (Å²) >= 11 is 0. The van der Waals surface area contributed by atoms with Crippen LogP contribution in [0, 0.1) is 6.92 Å². The van der Waals surface area contributed by atoms with Crippen LogP contribution >= 0.6 is 0 Å². The highest BCUT2D eigenvalue weighted by Gasteiger charge is 2.39. The zero-order chi connectivity index (χ0) is 18.4. The zero-order valence-electron chi connectivity index (χ0n) is 15.7. The SMILES string of the molecule is Cc1cccc2c1B1c3ccccc3-n3c4ccccc4c4ccc(c1c43)C2. The van der Waals surface area contributed by atoms with Crippen LogP contribution in [0.5, 0.6) is 0 Å². The summed E-state index contributed by atoms with van der Waals surface area (Å²) in [4.78, 5) is 0. The van der Waals surface area contributed by atoms with Gasteiger partial charge in [-0.15, -0.1) is 0 Å². The first-order valence-electron chi connectivity index (χ1n) is 10.1. The van der Waals surface area contributed by atoms with Crippen LogP contribution in [-0.2, 0) is 6.42 Å². The molecule has 1 nitrogen and oxygen atoms in total. The minimum absolute atomic E-state index is 0.330. The Morgan fingerprint density at radius 3 is 2.50 bits per heavy atom. The molecule has 4 aromatic carbocycles. The van der Waals surface area contributed by atoms with Crippen molar-refractivity contribution in [1.82, 2.24) is 4.57 Å². The molecule has 3 heterocycles. The van der Waals surface area contributed by atoms with E-state index in [2.05, 4.69) is 90.4 Å². The van der Waals surface area contributed by atoms with Crippen molar-refractivity contribution in [3.8, 4) is 5.69 Å². The van der Waals surface area contributed by atoms with Crippen molar-refractivity contribution < 1.29 is 0 Å². The van der Waals surface area contributed by atoms with Crippen LogP contribution in [-0.4, -0.2) is 11.3 Å². The van der Waals surface area contributed by atoms with E-state index in [1.807, 2.05) is 0 Å². The van der Waals surface area contributed by atoms with Gasteiger partial charge < -0.3 is 4.57 Å². The lowest BCUT2D eigenvalue weighted by molar-refractivity contribution is 1.16. The van der Waals surface area contributed by atoms with Gasteiger partial charge in [0.15, 0.2) is 0 Å². The quantitative estimate of drug-likeness (QED) is 0.365. The fourth-order valence-corrected chi connectivity index (χ4v) is 5.76. The van der Waals surface area contributed by atoms with Crippen molar-refractivity contribution >= 4 is 44.9 Å². The first-order valence-corrected chi connectivity index (χ1v) is 10.1. The molecule has 0 atom stereocenters. The van der Waals surface area contributed by atoms with Crippen molar-refractivity contribution in [2.45, 2.75) is 13.3 Å². The van der Waals surface area contributed by atoms with Crippen LogP contribution < -0.4 is 16.4 Å². The Morgan fingerprint density at radius 1 is 0.714 bits per heavy atom. The Kier molecular flexibility index (Phi) is 2.62. The van der Waals surface area contributed by atoms with E-state index in [1.165, 1.54) is 60.6 Å². The fourth-order valence-electron chi connectivity index (χ4n) is 5.76. The number of nitrogens with zero attached hydrogens (tertiary/aromatic N) is 1. The third-order valence-corrected chi connectivity index (χ3v) is 6.83. The summed E-state index contributed by atoms with van der Waals surface area (Å²) in [6, 6.07) is 29.4. The molecular formula is C26H18BN. The van der Waals surface area contributed by atoms with E-state index in [9.17, 15) is 0 Å². The number of aryl methyl sites for hydroxylation is 1. The van der Waals surface area contributed by atoms with Crippen LogP contribution in [0.4, 0.5) is 0 Å². The molecule has 0 radical (unpaired) electrons. The molecule has 0 unspecified atom stereocenters. The van der Waals surface area contributed by atoms with Gasteiger partial charge in [0.05, 0.1) is 5.52 Å². The number of para-hydroxylation sites is 2. The predicted molar refractivity (Wildman–Crippen MR) is 119 cm³/mol. The summed E-state index contributed by atoms with van der Waals surface area (Å²) < 4.78 is 2.51. The second-order valence-electron chi connectivity index (χ2n) is 8.20. The lowest BCUT2D eigenvalue weighted by atomic mass is 9.32. The zero-order valence-corrected chi connectivity index (χ0v) is 15.7. The highest BCUT2D eigenvalue weighted by molar-refractivity contribution is 6.99. The Bertz CT molecular complexity index is 1460. The molecule has 0 saturated heterocycles. The normalized spacial score (nSPS) is 13.7. The summed E-state index contributed by atoms with van der Waals surface area (Å²) in [5.74, 6) is 0. The smallest absolute Gasteiger partial charge is 0.247 e. The molecule has 5 aromatic rings. The number of aromatic nitrogens is 1. The van der Waals surface area contributed by atoms with E-state index in [0.29, 0.717) is 6.71 Å². The van der Waals surface area contributed by atoms with Crippen molar-refractivity contribution in [3.63, 3.8) is 0 Å². The van der Waals surface area contributed by atoms with Crippen molar-refractivity contribution in [3.05, 3.63) is 95.6 Å². The van der Waals surface area contributed by atoms with Crippen molar-refractivity contribution in [2.24, 2.45) is 0 Å². The molecule has 0 fully saturated rings. The largest absolute Gasteiger partial charge is 0.310 e. The van der Waals surface area contributed by atoms with Crippen LogP contribution in [0.25, 0.3) is 27.5 Å². The molecule has 2 heteroatoms. The number of rotatable bonds is 0. The van der Waals surface area contributed by atoms with Gasteiger partial charge in [-0.1, -0.05) is 77.8 Å². The molecule has 2 aliphatic rings. The first kappa shape index (κ1) is 14.8. The third kappa shape index (κ3) is 1.61. The van der Waals surface area contributed by atoms with E-state index >= 15 is 0 Å². The van der Waals surface area contributed by atoms with E-state index in [1.54, 1.807) is 0 Å². The summed E-state index contributed by atoms with van der Waals surface area (Å²) in [6.07, 6.45) is 1.03. The fraction of sp³-hybridized carbons (Fsp3) is 0.0769. The highest BCUT2D eigenvalue weighted by Crippen LogP contribution is 2.35. The van der Waals surface area contributed by atoms with Crippen LogP contribution in [0.2, 0.25) is 0 Å². The first-order chi connectivity index (χ1) is 13.8. The van der Waals surface area contributed by atoms with E-state index in [0.717, 1.165) is 6.42 Å². The molecule has 0 saturated carbocycles. The van der Waals surface area contributed by atoms with Gasteiger partial charge >= 0.3 is 0 Å². The number of benzene rings is 4. The number of hydrogen-bond acceptors (Lipinski definition) is 0. The van der Waals surface area contributed by atoms with Gasteiger partial charge in [-0.2, -0.15) is 0 Å².